The van der Waals surface area contributed by atoms with Crippen molar-refractivity contribution >= 4 is 108 Å². The molecule has 0 aliphatic carbocycles. The minimum Gasteiger partial charge on any atom is -0.344 e. The second-order valence-electron chi connectivity index (χ2n) is 17.3. The zero-order chi connectivity index (χ0) is 43.3. The topological polar surface area (TPSA) is 41.7 Å². The van der Waals surface area contributed by atoms with Crippen LogP contribution in [0.4, 0.5) is 0 Å². The van der Waals surface area contributed by atoms with Crippen molar-refractivity contribution < 1.29 is 0 Å². The number of nitrogens with one attached hydrogen (secondary N) is 1. The Morgan fingerprint density at radius 3 is 1.94 bits per heavy atom. The first-order valence-electron chi connectivity index (χ1n) is 22.5. The smallest absolute Gasteiger partial charge is 0.160 e. The largest absolute Gasteiger partial charge is 0.344 e. The summed E-state index contributed by atoms with van der Waals surface area (Å²) in [6.45, 7) is 0. The number of hydrogen-bond acceptors (Lipinski definition) is 4. The van der Waals surface area contributed by atoms with Crippen LogP contribution < -0.4 is 5.32 Å². The average Bonchev–Trinajstić information content (AvgIpc) is 3.93. The molecule has 1 atom stereocenters. The zero-order valence-corrected chi connectivity index (χ0v) is 36.4. The van der Waals surface area contributed by atoms with E-state index in [9.17, 15) is 0 Å². The van der Waals surface area contributed by atoms with E-state index in [0.29, 0.717) is 5.84 Å². The lowest BCUT2D eigenvalue weighted by atomic mass is 9.94. The van der Waals surface area contributed by atoms with Gasteiger partial charge < -0.3 is 9.88 Å². The van der Waals surface area contributed by atoms with Crippen molar-refractivity contribution in [2.45, 2.75) is 6.17 Å². The van der Waals surface area contributed by atoms with Crippen molar-refractivity contribution in [1.29, 1.82) is 0 Å². The van der Waals surface area contributed by atoms with Gasteiger partial charge in [-0.05, 0) is 90.6 Å². The third kappa shape index (κ3) is 5.70. The van der Waals surface area contributed by atoms with E-state index >= 15 is 0 Å². The van der Waals surface area contributed by atoms with Gasteiger partial charge in [-0.3, -0.25) is 0 Å². The number of aliphatic imine (C=N–C) groups is 2. The fourth-order valence-electron chi connectivity index (χ4n) is 10.5. The van der Waals surface area contributed by atoms with Crippen LogP contribution in [0.3, 0.4) is 0 Å². The zero-order valence-electron chi connectivity index (χ0n) is 35.6. The summed E-state index contributed by atoms with van der Waals surface area (Å²) in [4.78, 5) is 10.8. The molecule has 0 fully saturated rings. The van der Waals surface area contributed by atoms with Crippen LogP contribution in [0, 0.1) is 0 Å². The predicted octanol–water partition coefficient (Wildman–Crippen LogP) is 15.9. The van der Waals surface area contributed by atoms with Crippen molar-refractivity contribution in [3.05, 3.63) is 235 Å². The van der Waals surface area contributed by atoms with Crippen molar-refractivity contribution in [3.63, 3.8) is 0 Å². The van der Waals surface area contributed by atoms with Crippen molar-refractivity contribution in [2.24, 2.45) is 9.98 Å². The summed E-state index contributed by atoms with van der Waals surface area (Å²) in [7, 11) is 0. The van der Waals surface area contributed by atoms with Crippen LogP contribution in [-0.4, -0.2) is 16.2 Å². The van der Waals surface area contributed by atoms with E-state index < -0.39 is 6.17 Å². The Balaban J connectivity index is 1.04. The Morgan fingerprint density at radius 1 is 0.424 bits per heavy atom. The third-order valence-corrected chi connectivity index (χ3v) is 14.8. The number of nitrogens with zero attached hydrogens (tertiary/aromatic N) is 3. The molecule has 0 bridgehead atoms. The van der Waals surface area contributed by atoms with Gasteiger partial charge >= 0.3 is 0 Å². The van der Waals surface area contributed by atoms with Gasteiger partial charge in [0.15, 0.2) is 5.84 Å². The molecule has 3 heterocycles. The molecule has 2 aromatic heterocycles. The summed E-state index contributed by atoms with van der Waals surface area (Å²) >= 11 is 1.88. The molecule has 308 valence electrons. The van der Waals surface area contributed by atoms with E-state index in [0.717, 1.165) is 39.2 Å². The highest BCUT2D eigenvalue weighted by molar-refractivity contribution is 7.26. The van der Waals surface area contributed by atoms with Crippen LogP contribution in [0.5, 0.6) is 0 Å². The number of rotatable bonds is 5. The predicted molar refractivity (Wildman–Crippen MR) is 281 cm³/mol. The van der Waals surface area contributed by atoms with Crippen LogP contribution >= 0.6 is 11.3 Å². The molecule has 14 rings (SSSR count). The highest BCUT2D eigenvalue weighted by Gasteiger charge is 2.26. The summed E-state index contributed by atoms with van der Waals surface area (Å²) in [6.07, 6.45) is -0.430. The summed E-state index contributed by atoms with van der Waals surface area (Å²) in [6, 6.07) is 79.4. The van der Waals surface area contributed by atoms with Gasteiger partial charge in [0.05, 0.1) is 16.7 Å². The van der Waals surface area contributed by atoms with Crippen LogP contribution in [0.25, 0.3) is 102 Å². The van der Waals surface area contributed by atoms with Gasteiger partial charge in [-0.1, -0.05) is 182 Å². The lowest BCUT2D eigenvalue weighted by Gasteiger charge is -2.25. The molecule has 11 aromatic carbocycles. The molecule has 0 saturated carbocycles. The fraction of sp³-hybridized carbons (Fsp3) is 0.0164. The molecule has 0 amide bonds. The number of benzene rings is 11. The number of fused-ring (bicyclic) bond motifs is 12. The van der Waals surface area contributed by atoms with Gasteiger partial charge in [0, 0.05) is 47.6 Å². The monoisotopic (exact) mass is 858 g/mol. The molecular formula is C61H38N4S. The molecule has 1 aliphatic heterocycles. The Labute approximate surface area is 384 Å². The van der Waals surface area contributed by atoms with Crippen molar-refractivity contribution in [3.8, 4) is 16.8 Å². The lowest BCUT2D eigenvalue weighted by Crippen LogP contribution is -2.33. The van der Waals surface area contributed by atoms with Gasteiger partial charge in [-0.15, -0.1) is 11.3 Å². The third-order valence-electron chi connectivity index (χ3n) is 13.6. The van der Waals surface area contributed by atoms with E-state index in [-0.39, 0.29) is 0 Å². The SMILES string of the molecule is c1ccc(C2=NC(c3cccc4c3ccc3ccccc34)=NC(c3ccc(-n4c5ccccc5c5cc6ccccc6cc54)c(-c4cccc5sc6c7ccccc7ccc6c45)c3)N2)cc1. The Bertz CT molecular complexity index is 4210. The summed E-state index contributed by atoms with van der Waals surface area (Å²) in [5.41, 5.74) is 8.86. The van der Waals surface area contributed by atoms with Gasteiger partial charge in [0.2, 0.25) is 0 Å². The van der Waals surface area contributed by atoms with E-state index in [1.807, 2.05) is 11.3 Å². The Kier molecular flexibility index (Phi) is 8.18. The van der Waals surface area contributed by atoms with E-state index in [1.54, 1.807) is 0 Å². The molecule has 1 aliphatic rings. The minimum absolute atomic E-state index is 0.430. The first kappa shape index (κ1) is 37.0. The highest BCUT2D eigenvalue weighted by Crippen LogP contribution is 2.46. The highest BCUT2D eigenvalue weighted by atomic mass is 32.1. The van der Waals surface area contributed by atoms with Gasteiger partial charge in [-0.2, -0.15) is 0 Å². The maximum atomic E-state index is 5.54. The van der Waals surface area contributed by atoms with Crippen LogP contribution in [-0.2, 0) is 0 Å². The quantitative estimate of drug-likeness (QED) is 0.172. The van der Waals surface area contributed by atoms with Gasteiger partial charge in [0.1, 0.15) is 12.0 Å². The maximum Gasteiger partial charge on any atom is 0.160 e. The standard InChI is InChI=1S/C61H38N4S/c1-2-16-39(17-3-1)59-62-60(64-61(63-59)49-25-12-23-45-43-20-8-6-14-37(43)28-31-46(45)49)42-30-33-54(65-53-26-11-10-22-47(53)51-34-40-18-4-5-19-41(40)36-55(51)65)52(35-42)48-24-13-27-56-57(48)50-32-29-38-15-7-9-21-44(38)58(50)66-56/h1-36,60H,(H,62,63,64). The van der Waals surface area contributed by atoms with E-state index in [1.165, 1.54) is 85.2 Å². The lowest BCUT2D eigenvalue weighted by molar-refractivity contribution is 0.674. The Morgan fingerprint density at radius 2 is 1.09 bits per heavy atom. The fourth-order valence-corrected chi connectivity index (χ4v) is 11.8. The number of aromatic nitrogens is 1. The second-order valence-corrected chi connectivity index (χ2v) is 18.4. The van der Waals surface area contributed by atoms with Crippen LogP contribution in [0.1, 0.15) is 22.9 Å². The molecular weight excluding hydrogens is 821 g/mol. The first-order valence-corrected chi connectivity index (χ1v) is 23.3. The molecule has 4 nitrogen and oxygen atoms in total. The normalized spacial score (nSPS) is 14.2. The molecule has 1 unspecified atom stereocenters. The summed E-state index contributed by atoms with van der Waals surface area (Å²) in [5.74, 6) is 1.50. The van der Waals surface area contributed by atoms with Crippen molar-refractivity contribution in [1.82, 2.24) is 9.88 Å². The summed E-state index contributed by atoms with van der Waals surface area (Å²) < 4.78 is 5.06. The number of amidine groups is 2. The minimum atomic E-state index is -0.430. The molecule has 66 heavy (non-hydrogen) atoms. The Hall–Kier alpha value is -8.38. The first-order chi connectivity index (χ1) is 32.7. The average molecular weight is 859 g/mol. The number of para-hydroxylation sites is 1. The number of hydrogen-bond donors (Lipinski definition) is 1. The maximum absolute atomic E-state index is 5.54. The van der Waals surface area contributed by atoms with E-state index in [2.05, 4.69) is 228 Å². The van der Waals surface area contributed by atoms with Crippen LogP contribution in [0.15, 0.2) is 228 Å². The molecule has 0 spiro atoms. The molecule has 0 radical (unpaired) electrons. The molecule has 0 saturated heterocycles. The van der Waals surface area contributed by atoms with Crippen LogP contribution in [0.2, 0.25) is 0 Å². The molecule has 13 aromatic rings. The van der Waals surface area contributed by atoms with Crippen molar-refractivity contribution in [2.75, 3.05) is 0 Å². The van der Waals surface area contributed by atoms with Gasteiger partial charge in [-0.25, -0.2) is 9.98 Å². The van der Waals surface area contributed by atoms with Gasteiger partial charge in [0.25, 0.3) is 0 Å². The molecule has 1 N–H and O–H groups in total. The van der Waals surface area contributed by atoms with E-state index in [4.69, 9.17) is 9.98 Å². The number of thiophene rings is 1. The molecule has 5 heteroatoms. The summed E-state index contributed by atoms with van der Waals surface area (Å²) in [5, 5.41) is 18.6. The second kappa shape index (κ2) is 14.6.